The molecule has 11 rings (SSSR count). The molecule has 0 spiro atoms. The van der Waals surface area contributed by atoms with E-state index in [1.54, 1.807) is 0 Å². The maximum atomic E-state index is 5.17. The van der Waals surface area contributed by atoms with Gasteiger partial charge >= 0.3 is 0 Å². The van der Waals surface area contributed by atoms with Crippen molar-refractivity contribution in [2.24, 2.45) is 5.41 Å². The third-order valence-electron chi connectivity index (χ3n) is 12.4. The standard InChI is InChI=1S/C55H40N2/c1-55-32-12-11-19-48(55)51(44-28-24-36-13-5-7-17-41(36)33-44)47-35-43(30-31-46(47)52(55)45-29-25-37-14-6-8-18-42(37)34-45)38-22-26-40(27-23-38)54-53(39-15-3-2-4-16-39)56-49-20-9-10-21-50(49)57-54/h2-10,13-31,33-35H,11-12,32H2,1H3. The first-order valence-corrected chi connectivity index (χ1v) is 20.1. The van der Waals surface area contributed by atoms with E-state index in [1.807, 2.05) is 30.3 Å². The monoisotopic (exact) mass is 728 g/mol. The minimum Gasteiger partial charge on any atom is -0.244 e. The summed E-state index contributed by atoms with van der Waals surface area (Å²) in [5.41, 5.74) is 14.8. The van der Waals surface area contributed by atoms with Crippen LogP contribution in [0.5, 0.6) is 0 Å². The van der Waals surface area contributed by atoms with Gasteiger partial charge in [-0.2, -0.15) is 0 Å². The van der Waals surface area contributed by atoms with Gasteiger partial charge in [0.2, 0.25) is 0 Å². The first kappa shape index (κ1) is 33.4. The molecule has 9 aromatic rings. The van der Waals surface area contributed by atoms with E-state index in [0.717, 1.165) is 46.4 Å². The Morgan fingerprint density at radius 2 is 0.947 bits per heavy atom. The van der Waals surface area contributed by atoms with E-state index in [9.17, 15) is 0 Å². The van der Waals surface area contributed by atoms with Crippen molar-refractivity contribution in [3.63, 3.8) is 0 Å². The van der Waals surface area contributed by atoms with E-state index in [0.29, 0.717) is 0 Å². The van der Waals surface area contributed by atoms with Gasteiger partial charge in [0.25, 0.3) is 0 Å². The summed E-state index contributed by atoms with van der Waals surface area (Å²) in [6.45, 7) is 2.50. The number of allylic oxidation sites excluding steroid dienone is 2. The lowest BCUT2D eigenvalue weighted by molar-refractivity contribution is 0.453. The molecule has 8 aromatic carbocycles. The molecule has 0 aliphatic heterocycles. The van der Waals surface area contributed by atoms with Crippen LogP contribution in [0, 0.1) is 5.41 Å². The molecule has 0 amide bonds. The van der Waals surface area contributed by atoms with Crippen LogP contribution in [0.25, 0.3) is 77.4 Å². The number of aromatic nitrogens is 2. The Labute approximate surface area is 332 Å². The van der Waals surface area contributed by atoms with Crippen LogP contribution in [0.1, 0.15) is 37.3 Å². The van der Waals surface area contributed by atoms with Gasteiger partial charge in [-0.15, -0.1) is 0 Å². The molecule has 0 saturated carbocycles. The second kappa shape index (κ2) is 13.4. The van der Waals surface area contributed by atoms with Gasteiger partial charge in [-0.25, -0.2) is 9.97 Å². The van der Waals surface area contributed by atoms with Crippen LogP contribution < -0.4 is 10.4 Å². The van der Waals surface area contributed by atoms with Crippen LogP contribution in [0.15, 0.2) is 194 Å². The molecular formula is C55H40N2. The second-order valence-corrected chi connectivity index (χ2v) is 15.8. The third kappa shape index (κ3) is 5.63. The van der Waals surface area contributed by atoms with Crippen molar-refractivity contribution >= 4 is 43.7 Å². The number of nitrogens with zero attached hydrogens (tertiary/aromatic N) is 2. The molecule has 2 aliphatic carbocycles. The molecule has 0 bridgehead atoms. The SMILES string of the molecule is CC12CCCC=C1C(c1ccc3ccccc3c1)=c1cc(-c3ccc(-c4nc5ccccc5nc4-c4ccccc4)cc3)ccc1=C2c1ccc2ccccc2c1. The topological polar surface area (TPSA) is 25.8 Å². The number of rotatable bonds is 5. The molecule has 1 atom stereocenters. The lowest BCUT2D eigenvalue weighted by atomic mass is 9.61. The average molecular weight is 729 g/mol. The third-order valence-corrected chi connectivity index (χ3v) is 12.4. The predicted octanol–water partition coefficient (Wildman–Crippen LogP) is 12.5. The Morgan fingerprint density at radius 1 is 0.421 bits per heavy atom. The van der Waals surface area contributed by atoms with Gasteiger partial charge in [-0.3, -0.25) is 0 Å². The summed E-state index contributed by atoms with van der Waals surface area (Å²) >= 11 is 0. The van der Waals surface area contributed by atoms with E-state index in [4.69, 9.17) is 9.97 Å². The fourth-order valence-electron chi connectivity index (χ4n) is 9.58. The van der Waals surface area contributed by atoms with Crippen molar-refractivity contribution in [2.45, 2.75) is 26.2 Å². The van der Waals surface area contributed by atoms with Gasteiger partial charge in [0.05, 0.1) is 22.4 Å². The highest BCUT2D eigenvalue weighted by Gasteiger charge is 2.40. The number of para-hydroxylation sites is 2. The van der Waals surface area contributed by atoms with Crippen molar-refractivity contribution in [2.75, 3.05) is 0 Å². The highest BCUT2D eigenvalue weighted by molar-refractivity contribution is 5.96. The maximum Gasteiger partial charge on any atom is 0.0973 e. The van der Waals surface area contributed by atoms with E-state index < -0.39 is 0 Å². The summed E-state index contributed by atoms with van der Waals surface area (Å²) < 4.78 is 0. The molecule has 2 aliphatic rings. The van der Waals surface area contributed by atoms with Crippen molar-refractivity contribution in [3.05, 3.63) is 215 Å². The van der Waals surface area contributed by atoms with Gasteiger partial charge in [-0.1, -0.05) is 165 Å². The fraction of sp³-hybridized carbons (Fsp3) is 0.0909. The summed E-state index contributed by atoms with van der Waals surface area (Å²) in [7, 11) is 0. The van der Waals surface area contributed by atoms with Gasteiger partial charge < -0.3 is 0 Å². The minimum absolute atomic E-state index is 0.130. The lowest BCUT2D eigenvalue weighted by Gasteiger charge is -2.42. The smallest absolute Gasteiger partial charge is 0.0973 e. The second-order valence-electron chi connectivity index (χ2n) is 15.8. The lowest BCUT2D eigenvalue weighted by Crippen LogP contribution is -2.43. The van der Waals surface area contributed by atoms with Crippen LogP contribution in [0.2, 0.25) is 0 Å². The Balaban J connectivity index is 1.14. The maximum absolute atomic E-state index is 5.17. The predicted molar refractivity (Wildman–Crippen MR) is 238 cm³/mol. The molecule has 2 nitrogen and oxygen atoms in total. The van der Waals surface area contributed by atoms with Crippen molar-refractivity contribution in [3.8, 4) is 33.6 Å². The van der Waals surface area contributed by atoms with Gasteiger partial charge in [0, 0.05) is 16.5 Å². The van der Waals surface area contributed by atoms with Gasteiger partial charge in [0.1, 0.15) is 0 Å². The first-order valence-electron chi connectivity index (χ1n) is 20.1. The Kier molecular flexibility index (Phi) is 7.86. The molecule has 0 N–H and O–H groups in total. The molecular weight excluding hydrogens is 689 g/mol. The molecule has 1 unspecified atom stereocenters. The first-order chi connectivity index (χ1) is 28.1. The van der Waals surface area contributed by atoms with E-state index in [-0.39, 0.29) is 5.41 Å². The van der Waals surface area contributed by atoms with Crippen molar-refractivity contribution < 1.29 is 0 Å². The van der Waals surface area contributed by atoms with Crippen molar-refractivity contribution in [1.82, 2.24) is 9.97 Å². The molecule has 1 aromatic heterocycles. The molecule has 0 radical (unpaired) electrons. The fourth-order valence-corrected chi connectivity index (χ4v) is 9.58. The summed E-state index contributed by atoms with van der Waals surface area (Å²) in [5.74, 6) is 0. The van der Waals surface area contributed by atoms with Crippen LogP contribution in [0.4, 0.5) is 0 Å². The molecule has 57 heavy (non-hydrogen) atoms. The Bertz CT molecular complexity index is 3210. The summed E-state index contributed by atoms with van der Waals surface area (Å²) in [6, 6.07) is 66.2. The molecule has 0 fully saturated rings. The van der Waals surface area contributed by atoms with Crippen LogP contribution >= 0.6 is 0 Å². The minimum atomic E-state index is -0.130. The number of hydrogen-bond acceptors (Lipinski definition) is 2. The number of hydrogen-bond donors (Lipinski definition) is 0. The molecule has 2 heteroatoms. The van der Waals surface area contributed by atoms with Crippen LogP contribution in [-0.2, 0) is 0 Å². The number of fused-ring (bicyclic) bond motifs is 5. The molecule has 1 heterocycles. The molecule has 270 valence electrons. The Morgan fingerprint density at radius 3 is 1.63 bits per heavy atom. The van der Waals surface area contributed by atoms with Crippen molar-refractivity contribution in [1.29, 1.82) is 0 Å². The highest BCUT2D eigenvalue weighted by Crippen LogP contribution is 2.52. The average Bonchev–Trinajstić information content (AvgIpc) is 3.27. The molecule has 0 saturated heterocycles. The van der Waals surface area contributed by atoms with Crippen LogP contribution in [0.3, 0.4) is 0 Å². The quantitative estimate of drug-likeness (QED) is 0.176. The summed E-state index contributed by atoms with van der Waals surface area (Å²) in [4.78, 5) is 10.3. The zero-order valence-electron chi connectivity index (χ0n) is 31.9. The normalized spacial score (nSPS) is 16.4. The van der Waals surface area contributed by atoms with E-state index in [1.165, 1.54) is 77.4 Å². The zero-order valence-corrected chi connectivity index (χ0v) is 31.9. The summed E-state index contributed by atoms with van der Waals surface area (Å²) in [6.07, 6.45) is 5.93. The van der Waals surface area contributed by atoms with Gasteiger partial charge in [0.15, 0.2) is 0 Å². The van der Waals surface area contributed by atoms with E-state index in [2.05, 4.69) is 165 Å². The largest absolute Gasteiger partial charge is 0.244 e. The zero-order chi connectivity index (χ0) is 37.9. The highest BCUT2D eigenvalue weighted by atomic mass is 14.8. The summed E-state index contributed by atoms with van der Waals surface area (Å²) in [5, 5.41) is 7.71. The van der Waals surface area contributed by atoms with Crippen LogP contribution in [-0.4, -0.2) is 9.97 Å². The Hall–Kier alpha value is -6.90. The van der Waals surface area contributed by atoms with E-state index >= 15 is 0 Å². The van der Waals surface area contributed by atoms with Gasteiger partial charge in [-0.05, 0) is 121 Å². The number of benzene rings is 8.